The van der Waals surface area contributed by atoms with Crippen LogP contribution in [-0.4, -0.2) is 191 Å². The molecule has 7 aliphatic rings. The van der Waals surface area contributed by atoms with Crippen molar-refractivity contribution in [2.24, 2.45) is 28.1 Å². The van der Waals surface area contributed by atoms with Crippen LogP contribution in [0.25, 0.3) is 0 Å². The number of esters is 1. The van der Waals surface area contributed by atoms with E-state index in [2.05, 4.69) is 6.92 Å². The van der Waals surface area contributed by atoms with E-state index in [1.54, 1.807) is 13.0 Å². The molecule has 58 heavy (non-hydrogen) atoms. The van der Waals surface area contributed by atoms with Crippen molar-refractivity contribution in [1.29, 1.82) is 0 Å². The van der Waals surface area contributed by atoms with Crippen molar-refractivity contribution in [3.05, 3.63) is 11.6 Å². The first kappa shape index (κ1) is 44.1. The average molecular weight is 835 g/mol. The number of aliphatic hydroxyl groups is 11. The Morgan fingerprint density at radius 1 is 0.672 bits per heavy atom. The number of aliphatic carboxylic acids is 1. The van der Waals surface area contributed by atoms with Crippen LogP contribution >= 0.6 is 0 Å². The molecule has 21 atom stereocenters. The normalized spacial score (nSPS) is 52.9. The summed E-state index contributed by atoms with van der Waals surface area (Å²) >= 11 is 0. The number of rotatable bonds is 10. The van der Waals surface area contributed by atoms with Gasteiger partial charge in [0.2, 0.25) is 6.29 Å². The first-order valence-corrected chi connectivity index (χ1v) is 20.1. The highest BCUT2D eigenvalue weighted by Gasteiger charge is 2.69. The van der Waals surface area contributed by atoms with Gasteiger partial charge in [0.1, 0.15) is 78.8 Å². The monoisotopic (exact) mass is 834 g/mol. The van der Waals surface area contributed by atoms with Gasteiger partial charge >= 0.3 is 11.9 Å². The maximum atomic E-state index is 14.1. The van der Waals surface area contributed by atoms with Gasteiger partial charge in [-0.25, -0.2) is 4.79 Å². The van der Waals surface area contributed by atoms with E-state index < -0.39 is 146 Å². The largest absolute Gasteiger partial charge is 0.478 e. The Kier molecular flexibility index (Phi) is 12.2. The van der Waals surface area contributed by atoms with Crippen molar-refractivity contribution in [2.45, 2.75) is 163 Å². The van der Waals surface area contributed by atoms with Crippen LogP contribution in [0, 0.1) is 28.1 Å². The van der Waals surface area contributed by atoms with Crippen LogP contribution in [0.15, 0.2) is 11.6 Å². The minimum Gasteiger partial charge on any atom is -0.478 e. The van der Waals surface area contributed by atoms with Gasteiger partial charge < -0.3 is 89.7 Å². The number of carboxylic acids is 1. The maximum absolute atomic E-state index is 14.1. The number of hydrogen-bond donors (Lipinski definition) is 12. The minimum atomic E-state index is -1.90. The first-order chi connectivity index (χ1) is 27.3. The summed E-state index contributed by atoms with van der Waals surface area (Å²) in [7, 11) is 0. The van der Waals surface area contributed by atoms with Gasteiger partial charge in [-0.3, -0.25) is 4.79 Å². The lowest BCUT2D eigenvalue weighted by atomic mass is 9.40. The Balaban J connectivity index is 1.14. The molecule has 7 rings (SSSR count). The number of ether oxygens (including phenoxy) is 6. The molecule has 6 unspecified atom stereocenters. The number of allylic oxidation sites excluding steroid dienone is 1. The Labute approximate surface area is 333 Å². The maximum Gasteiger partial charge on any atom is 0.334 e. The molecule has 20 heteroatoms. The SMILES string of the molecule is CC1(C(=O)O[C@@H]2O[C@H](CO)[C@@H](O)[C@H](O)[C@H]2O)CCCC2(C)C3CCC4(O[C@@H]5O[C@H](CO)[C@@H](O)[C@H](O)[C@H]5O[C@@H]5O[C@H](CO)[C@@H](O)[C@H](O)[C@H]5O)CC3(C=C4C(=O)O)CCC12. The number of carboxylic acid groups (broad SMARTS) is 1. The molecule has 0 aromatic heterocycles. The lowest BCUT2D eigenvalue weighted by Gasteiger charge is -2.64. The number of fused-ring (bicyclic) bond motifs is 3. The molecule has 330 valence electrons. The van der Waals surface area contributed by atoms with E-state index in [4.69, 9.17) is 28.4 Å². The smallest absolute Gasteiger partial charge is 0.334 e. The molecule has 2 bridgehead atoms. The average Bonchev–Trinajstić information content (AvgIpc) is 3.43. The van der Waals surface area contributed by atoms with Crippen molar-refractivity contribution in [3.63, 3.8) is 0 Å². The van der Waals surface area contributed by atoms with Gasteiger partial charge in [-0.2, -0.15) is 0 Å². The van der Waals surface area contributed by atoms with Gasteiger partial charge in [-0.05, 0) is 74.5 Å². The molecule has 3 heterocycles. The molecule has 6 fully saturated rings. The zero-order chi connectivity index (χ0) is 42.3. The predicted molar refractivity (Wildman–Crippen MR) is 188 cm³/mol. The Hall–Kier alpha value is -1.96. The second-order valence-corrected chi connectivity index (χ2v) is 18.0. The van der Waals surface area contributed by atoms with Crippen LogP contribution < -0.4 is 0 Å². The highest BCUT2D eigenvalue weighted by Crippen LogP contribution is 2.72. The third-order valence-corrected chi connectivity index (χ3v) is 14.8. The fourth-order valence-corrected chi connectivity index (χ4v) is 11.8. The summed E-state index contributed by atoms with van der Waals surface area (Å²) in [5.74, 6) is -2.40. The third-order valence-electron chi connectivity index (χ3n) is 14.8. The molecular formula is C38H58O20. The lowest BCUT2D eigenvalue weighted by molar-refractivity contribution is -0.378. The van der Waals surface area contributed by atoms with Gasteiger partial charge in [-0.15, -0.1) is 0 Å². The Bertz CT molecular complexity index is 1560. The molecule has 1 spiro atoms. The second-order valence-electron chi connectivity index (χ2n) is 18.0. The Morgan fingerprint density at radius 2 is 1.21 bits per heavy atom. The second kappa shape index (κ2) is 16.1. The summed E-state index contributed by atoms with van der Waals surface area (Å²) in [6, 6.07) is 0. The molecule has 12 N–H and O–H groups in total. The fraction of sp³-hybridized carbons (Fsp3) is 0.895. The van der Waals surface area contributed by atoms with Gasteiger partial charge in [0.05, 0.1) is 30.8 Å². The first-order valence-electron chi connectivity index (χ1n) is 20.1. The third kappa shape index (κ3) is 6.94. The van der Waals surface area contributed by atoms with E-state index in [9.17, 15) is 70.9 Å². The van der Waals surface area contributed by atoms with Crippen LogP contribution in [0.1, 0.15) is 65.2 Å². The van der Waals surface area contributed by atoms with Crippen molar-refractivity contribution < 1.29 is 99.3 Å². The van der Waals surface area contributed by atoms with Crippen molar-refractivity contribution in [3.8, 4) is 0 Å². The van der Waals surface area contributed by atoms with Crippen LogP contribution in [0.5, 0.6) is 0 Å². The van der Waals surface area contributed by atoms with E-state index in [0.29, 0.717) is 38.5 Å². The van der Waals surface area contributed by atoms with Crippen LogP contribution in [0.2, 0.25) is 0 Å². The molecule has 0 amide bonds. The van der Waals surface area contributed by atoms with E-state index in [1.807, 2.05) is 0 Å². The van der Waals surface area contributed by atoms with E-state index in [1.165, 1.54) is 0 Å². The predicted octanol–water partition coefficient (Wildman–Crippen LogP) is -3.87. The summed E-state index contributed by atoms with van der Waals surface area (Å²) in [6.07, 6.45) is -20.1. The quantitative estimate of drug-likeness (QED) is 0.0740. The number of hydrogen-bond acceptors (Lipinski definition) is 19. The number of carbonyl (C=O) groups is 2. The molecule has 0 radical (unpaired) electrons. The molecule has 0 aromatic rings. The van der Waals surface area contributed by atoms with Crippen LogP contribution in [0.4, 0.5) is 0 Å². The zero-order valence-electron chi connectivity index (χ0n) is 32.3. The lowest BCUT2D eigenvalue weighted by Crippen LogP contribution is -2.66. The standard InChI is InChI=1S/C38H58O20/c1-35-6-3-7-36(2,34(52)57-32-28(49)25(46)22(43)17(12-40)54-32)19(35)4-8-37-10-15(30(50)51)38(14-37,9-5-20(35)37)58-33-29(26(47)23(44)18(13-41)55-33)56-31-27(48)24(45)21(42)16(11-39)53-31/h10,16-29,31-33,39-49H,3-9,11-14H2,1-2H3,(H,50,51)/t16-,17-,18-,19?,20?,21-,22-,23-,24+,25+,26+,27-,28-,29-,31+,32+,33+,35?,36?,37?,38?/m1/s1. The summed E-state index contributed by atoms with van der Waals surface area (Å²) in [5.41, 5.74) is -4.02. The van der Waals surface area contributed by atoms with Gasteiger partial charge in [0, 0.05) is 0 Å². The molecular weight excluding hydrogens is 776 g/mol. The summed E-state index contributed by atoms with van der Waals surface area (Å²) in [4.78, 5) is 27.2. The fourth-order valence-electron chi connectivity index (χ4n) is 11.8. The molecule has 3 saturated heterocycles. The highest BCUT2D eigenvalue weighted by atomic mass is 16.8. The summed E-state index contributed by atoms with van der Waals surface area (Å²) in [6.45, 7) is 1.63. The molecule has 4 aliphatic carbocycles. The van der Waals surface area contributed by atoms with Crippen molar-refractivity contribution in [2.75, 3.05) is 19.8 Å². The topological polar surface area (TPSA) is 332 Å². The van der Waals surface area contributed by atoms with Crippen LogP contribution in [0.3, 0.4) is 0 Å². The summed E-state index contributed by atoms with van der Waals surface area (Å²) in [5, 5.41) is 125. The zero-order valence-corrected chi connectivity index (χ0v) is 32.3. The van der Waals surface area contributed by atoms with E-state index in [0.717, 1.165) is 0 Å². The van der Waals surface area contributed by atoms with E-state index >= 15 is 0 Å². The summed E-state index contributed by atoms with van der Waals surface area (Å²) < 4.78 is 35.1. The minimum absolute atomic E-state index is 0.0750. The molecule has 0 aromatic carbocycles. The van der Waals surface area contributed by atoms with Gasteiger partial charge in [-0.1, -0.05) is 19.4 Å². The number of carbonyl (C=O) groups excluding carboxylic acids is 1. The van der Waals surface area contributed by atoms with Gasteiger partial charge in [0.15, 0.2) is 12.6 Å². The Morgan fingerprint density at radius 3 is 1.79 bits per heavy atom. The van der Waals surface area contributed by atoms with E-state index in [-0.39, 0.29) is 30.3 Å². The van der Waals surface area contributed by atoms with Crippen molar-refractivity contribution in [1.82, 2.24) is 0 Å². The van der Waals surface area contributed by atoms with Crippen molar-refractivity contribution >= 4 is 11.9 Å². The highest BCUT2D eigenvalue weighted by molar-refractivity contribution is 5.90. The molecule has 20 nitrogen and oxygen atoms in total. The van der Waals surface area contributed by atoms with Gasteiger partial charge in [0.25, 0.3) is 0 Å². The number of aliphatic hydroxyl groups excluding tert-OH is 11. The van der Waals surface area contributed by atoms with Crippen LogP contribution in [-0.2, 0) is 38.0 Å². The molecule has 3 saturated carbocycles. The molecule has 3 aliphatic heterocycles.